The maximum Gasteiger partial charge on any atom is 0.186 e. The molecule has 0 aromatic heterocycles. The smallest absolute Gasteiger partial charge is 0.186 e. The molecule has 6 heteroatoms. The average molecular weight is 206 g/mol. The quantitative estimate of drug-likeness (QED) is 0.407. The Kier molecular flexibility index (Phi) is 3.23. The zero-order valence-electron chi connectivity index (χ0n) is 7.75. The molecule has 0 radical (unpaired) electrons. The fourth-order valence-electron chi connectivity index (χ4n) is 1.50. The summed E-state index contributed by atoms with van der Waals surface area (Å²) in [7, 11) is 0. The third-order valence-electron chi connectivity index (χ3n) is 2.26. The van der Waals surface area contributed by atoms with Gasteiger partial charge in [-0.3, -0.25) is 4.79 Å². The molecule has 4 N–H and O–H groups in total. The Morgan fingerprint density at radius 1 is 1.50 bits per heavy atom. The average Bonchev–Trinajstić information content (AvgIpc) is 2.08. The zero-order chi connectivity index (χ0) is 10.9. The van der Waals surface area contributed by atoms with Crippen molar-refractivity contribution >= 4 is 5.78 Å². The van der Waals surface area contributed by atoms with Gasteiger partial charge in [-0.05, 0) is 6.92 Å². The summed E-state index contributed by atoms with van der Waals surface area (Å²) < 4.78 is 4.62. The monoisotopic (exact) mass is 206 g/mol. The Labute approximate surface area is 80.7 Å². The van der Waals surface area contributed by atoms with Crippen LogP contribution in [-0.2, 0) is 9.53 Å². The summed E-state index contributed by atoms with van der Waals surface area (Å²) in [6, 6.07) is 0. The molecule has 0 amide bonds. The number of rotatable bonds is 2. The Hall–Kier alpha value is -0.530. The van der Waals surface area contributed by atoms with Gasteiger partial charge in [0.25, 0.3) is 0 Å². The first-order chi connectivity index (χ1) is 6.38. The second kappa shape index (κ2) is 3.92. The Morgan fingerprint density at radius 2 is 2.07 bits per heavy atom. The molecule has 14 heavy (non-hydrogen) atoms. The van der Waals surface area contributed by atoms with Gasteiger partial charge in [0.1, 0.15) is 18.0 Å². The van der Waals surface area contributed by atoms with Gasteiger partial charge >= 0.3 is 0 Å². The molecule has 4 atom stereocenters. The van der Waals surface area contributed by atoms with Crippen LogP contribution in [0.1, 0.15) is 13.3 Å². The van der Waals surface area contributed by atoms with Crippen LogP contribution in [0.4, 0.5) is 0 Å². The fraction of sp³-hybridized carbons (Fsp3) is 0.875. The molecule has 1 fully saturated rings. The highest BCUT2D eigenvalue weighted by molar-refractivity contribution is 5.76. The summed E-state index contributed by atoms with van der Waals surface area (Å²) in [4.78, 5) is 10.8. The van der Waals surface area contributed by atoms with E-state index in [0.29, 0.717) is 0 Å². The first-order valence-corrected chi connectivity index (χ1v) is 4.25. The minimum Gasteiger partial charge on any atom is -0.388 e. The first kappa shape index (κ1) is 11.5. The summed E-state index contributed by atoms with van der Waals surface area (Å²) in [5.74, 6) is -0.414. The predicted octanol–water partition coefficient (Wildman–Crippen LogP) is -2.23. The summed E-state index contributed by atoms with van der Waals surface area (Å²) in [5.41, 5.74) is -2.12. The van der Waals surface area contributed by atoms with Crippen molar-refractivity contribution in [1.29, 1.82) is 0 Å². The highest BCUT2D eigenvalue weighted by Gasteiger charge is 2.51. The van der Waals surface area contributed by atoms with Crippen molar-refractivity contribution in [3.63, 3.8) is 0 Å². The van der Waals surface area contributed by atoms with E-state index in [2.05, 4.69) is 4.74 Å². The molecule has 0 aliphatic carbocycles. The van der Waals surface area contributed by atoms with Gasteiger partial charge in [0.2, 0.25) is 0 Å². The number of hydrogen-bond acceptors (Lipinski definition) is 6. The molecule has 0 saturated carbocycles. The topological polar surface area (TPSA) is 107 Å². The molecule has 1 heterocycles. The number of aliphatic hydroxyl groups is 4. The fourth-order valence-corrected chi connectivity index (χ4v) is 1.50. The minimum absolute atomic E-state index is 0.275. The molecule has 1 saturated heterocycles. The Morgan fingerprint density at radius 3 is 2.57 bits per heavy atom. The van der Waals surface area contributed by atoms with Crippen LogP contribution in [0.5, 0.6) is 0 Å². The van der Waals surface area contributed by atoms with Crippen molar-refractivity contribution in [2.45, 2.75) is 37.4 Å². The lowest BCUT2D eigenvalue weighted by Gasteiger charge is -2.42. The molecule has 82 valence electrons. The van der Waals surface area contributed by atoms with E-state index in [1.165, 1.54) is 6.92 Å². The third-order valence-corrected chi connectivity index (χ3v) is 2.26. The van der Waals surface area contributed by atoms with Gasteiger partial charge in [-0.25, -0.2) is 0 Å². The molecular weight excluding hydrogens is 192 g/mol. The van der Waals surface area contributed by atoms with Crippen LogP contribution in [0, 0.1) is 0 Å². The van der Waals surface area contributed by atoms with E-state index in [1.54, 1.807) is 0 Å². The van der Waals surface area contributed by atoms with Crippen LogP contribution in [0.15, 0.2) is 0 Å². The van der Waals surface area contributed by atoms with E-state index < -0.39 is 36.3 Å². The predicted molar refractivity (Wildman–Crippen MR) is 44.2 cm³/mol. The van der Waals surface area contributed by atoms with Gasteiger partial charge in [0.05, 0.1) is 6.61 Å². The lowest BCUT2D eigenvalue weighted by molar-refractivity contribution is -0.301. The van der Waals surface area contributed by atoms with Crippen molar-refractivity contribution < 1.29 is 30.0 Å². The second-order valence-electron chi connectivity index (χ2n) is 3.57. The van der Waals surface area contributed by atoms with Crippen LogP contribution in [0.2, 0.25) is 0 Å². The van der Waals surface area contributed by atoms with Crippen molar-refractivity contribution in [2.75, 3.05) is 6.61 Å². The van der Waals surface area contributed by atoms with E-state index in [9.17, 15) is 25.2 Å². The number of ether oxygens (including phenoxy) is 1. The second-order valence-corrected chi connectivity index (χ2v) is 3.57. The molecule has 0 aromatic rings. The third kappa shape index (κ3) is 1.94. The van der Waals surface area contributed by atoms with Gasteiger partial charge in [0, 0.05) is 6.42 Å². The standard InChI is InChI=1S/C8H14O6/c1-4(9)2-8(13)6(11)5(10)3-14-7(8)12/h5-7,10-13H,2-3H2,1H3/t5-,6+,7+,8+/m1/s1. The molecule has 1 aliphatic rings. The number of carbonyl (C=O) groups excluding carboxylic acids is 1. The van der Waals surface area contributed by atoms with Gasteiger partial charge < -0.3 is 25.2 Å². The number of Topliss-reactive ketones (excluding diaryl/α,β-unsaturated/α-hetero) is 1. The maximum atomic E-state index is 10.8. The lowest BCUT2D eigenvalue weighted by atomic mass is 9.85. The maximum absolute atomic E-state index is 10.8. The van der Waals surface area contributed by atoms with Crippen LogP contribution in [0.3, 0.4) is 0 Å². The minimum atomic E-state index is -2.12. The number of carbonyl (C=O) groups is 1. The van der Waals surface area contributed by atoms with E-state index >= 15 is 0 Å². The lowest BCUT2D eigenvalue weighted by Crippen LogP contribution is -2.63. The van der Waals surface area contributed by atoms with E-state index in [0.717, 1.165) is 0 Å². The number of ketones is 1. The largest absolute Gasteiger partial charge is 0.388 e. The van der Waals surface area contributed by atoms with Crippen molar-refractivity contribution in [3.8, 4) is 0 Å². The van der Waals surface area contributed by atoms with Gasteiger partial charge in [-0.2, -0.15) is 0 Å². The van der Waals surface area contributed by atoms with Crippen molar-refractivity contribution in [3.05, 3.63) is 0 Å². The van der Waals surface area contributed by atoms with Gasteiger partial charge in [-0.15, -0.1) is 0 Å². The summed E-state index contributed by atoms with van der Waals surface area (Å²) in [6.07, 6.45) is -5.02. The van der Waals surface area contributed by atoms with Crippen LogP contribution in [-0.4, -0.2) is 56.9 Å². The first-order valence-electron chi connectivity index (χ1n) is 4.25. The van der Waals surface area contributed by atoms with E-state index in [4.69, 9.17) is 0 Å². The molecular formula is C8H14O6. The van der Waals surface area contributed by atoms with Crippen LogP contribution < -0.4 is 0 Å². The number of aliphatic hydroxyl groups excluding tert-OH is 3. The molecule has 0 bridgehead atoms. The molecule has 0 aromatic carbocycles. The van der Waals surface area contributed by atoms with E-state index in [-0.39, 0.29) is 6.61 Å². The van der Waals surface area contributed by atoms with Crippen LogP contribution in [0.25, 0.3) is 0 Å². The SMILES string of the molecule is CC(=O)C[C@@]1(O)[C@@H](O)OC[C@@H](O)[C@@H]1O. The Balaban J connectivity index is 2.83. The Bertz CT molecular complexity index is 230. The normalized spacial score (nSPS) is 43.6. The zero-order valence-corrected chi connectivity index (χ0v) is 7.75. The highest BCUT2D eigenvalue weighted by atomic mass is 16.6. The van der Waals surface area contributed by atoms with Crippen molar-refractivity contribution in [1.82, 2.24) is 0 Å². The highest BCUT2D eigenvalue weighted by Crippen LogP contribution is 2.28. The molecule has 6 nitrogen and oxygen atoms in total. The number of hydrogen-bond donors (Lipinski definition) is 4. The summed E-state index contributed by atoms with van der Waals surface area (Å²) in [6.45, 7) is 0.931. The molecule has 1 aliphatic heterocycles. The molecule has 1 rings (SSSR count). The van der Waals surface area contributed by atoms with Crippen molar-refractivity contribution in [2.24, 2.45) is 0 Å². The van der Waals surface area contributed by atoms with Crippen LogP contribution >= 0.6 is 0 Å². The van der Waals surface area contributed by atoms with Gasteiger partial charge in [-0.1, -0.05) is 0 Å². The molecule has 0 unspecified atom stereocenters. The molecule has 0 spiro atoms. The van der Waals surface area contributed by atoms with E-state index in [1.807, 2.05) is 0 Å². The summed E-state index contributed by atoms with van der Waals surface area (Å²) in [5, 5.41) is 37.6. The van der Waals surface area contributed by atoms with Gasteiger partial charge in [0.15, 0.2) is 11.9 Å². The summed E-state index contributed by atoms with van der Waals surface area (Å²) >= 11 is 0.